The number of hydrogen-bond donors (Lipinski definition) is 2. The molecule has 1 saturated heterocycles. The van der Waals surface area contributed by atoms with Crippen molar-refractivity contribution in [2.24, 2.45) is 5.92 Å². The van der Waals surface area contributed by atoms with Gasteiger partial charge >= 0.3 is 0 Å². The Balaban J connectivity index is 2.38. The van der Waals surface area contributed by atoms with E-state index in [9.17, 15) is 4.79 Å². The molecule has 2 atom stereocenters. The van der Waals surface area contributed by atoms with Crippen molar-refractivity contribution in [1.82, 2.24) is 10.2 Å². The number of hydrogen-bond acceptors (Lipinski definition) is 3. The van der Waals surface area contributed by atoms with Gasteiger partial charge in [0.05, 0.1) is 6.04 Å². The molecule has 1 heterocycles. The first kappa shape index (κ1) is 11.5. The summed E-state index contributed by atoms with van der Waals surface area (Å²) in [4.78, 5) is 13.6. The van der Waals surface area contributed by atoms with Gasteiger partial charge in [-0.1, -0.05) is 0 Å². The van der Waals surface area contributed by atoms with Crippen LogP contribution in [0.3, 0.4) is 0 Å². The van der Waals surface area contributed by atoms with Gasteiger partial charge in [0.25, 0.3) is 0 Å². The summed E-state index contributed by atoms with van der Waals surface area (Å²) in [5, 5.41) is 11.8. The first-order valence-corrected chi connectivity index (χ1v) is 5.31. The number of nitrogens with one attached hydrogen (secondary N) is 1. The van der Waals surface area contributed by atoms with Crippen LogP contribution in [0.2, 0.25) is 0 Å². The zero-order valence-electron chi connectivity index (χ0n) is 8.99. The van der Waals surface area contributed by atoms with Gasteiger partial charge in [-0.3, -0.25) is 9.69 Å². The maximum absolute atomic E-state index is 11.5. The van der Waals surface area contributed by atoms with Gasteiger partial charge in [0, 0.05) is 19.7 Å². The second kappa shape index (κ2) is 5.32. The highest BCUT2D eigenvalue weighted by Crippen LogP contribution is 2.17. The van der Waals surface area contributed by atoms with Crippen molar-refractivity contribution in [2.45, 2.75) is 26.3 Å². The van der Waals surface area contributed by atoms with Crippen LogP contribution in [0.4, 0.5) is 0 Å². The van der Waals surface area contributed by atoms with Gasteiger partial charge in [-0.15, -0.1) is 0 Å². The van der Waals surface area contributed by atoms with Gasteiger partial charge < -0.3 is 10.4 Å². The van der Waals surface area contributed by atoms with Gasteiger partial charge in [-0.25, -0.2) is 0 Å². The van der Waals surface area contributed by atoms with Gasteiger partial charge in [0.2, 0.25) is 5.91 Å². The Hall–Kier alpha value is -0.610. The number of carbonyl (C=O) groups is 1. The average molecular weight is 200 g/mol. The molecule has 1 aliphatic heterocycles. The van der Waals surface area contributed by atoms with E-state index >= 15 is 0 Å². The Bertz CT molecular complexity index is 197. The van der Waals surface area contributed by atoms with Gasteiger partial charge in [-0.05, 0) is 32.7 Å². The molecule has 0 saturated carbocycles. The summed E-state index contributed by atoms with van der Waals surface area (Å²) >= 11 is 0. The monoisotopic (exact) mass is 200 g/mol. The fourth-order valence-corrected chi connectivity index (χ4v) is 1.85. The quantitative estimate of drug-likeness (QED) is 0.662. The molecule has 0 aromatic heterocycles. The summed E-state index contributed by atoms with van der Waals surface area (Å²) in [6.45, 7) is 6.52. The van der Waals surface area contributed by atoms with Crippen LogP contribution in [-0.4, -0.2) is 48.2 Å². The fourth-order valence-electron chi connectivity index (χ4n) is 1.85. The van der Waals surface area contributed by atoms with Gasteiger partial charge in [-0.2, -0.15) is 0 Å². The highest BCUT2D eigenvalue weighted by molar-refractivity contribution is 5.81. The fraction of sp³-hybridized carbons (Fsp3) is 0.900. The van der Waals surface area contributed by atoms with Crippen LogP contribution in [0.15, 0.2) is 0 Å². The topological polar surface area (TPSA) is 52.6 Å². The molecule has 1 aliphatic rings. The molecule has 0 radical (unpaired) electrons. The molecule has 14 heavy (non-hydrogen) atoms. The Labute approximate surface area is 85.3 Å². The molecule has 2 unspecified atom stereocenters. The Kier molecular flexibility index (Phi) is 4.35. The highest BCUT2D eigenvalue weighted by atomic mass is 16.3. The third-order valence-electron chi connectivity index (χ3n) is 2.85. The minimum Gasteiger partial charge on any atom is -0.396 e. The van der Waals surface area contributed by atoms with Gasteiger partial charge in [0.1, 0.15) is 0 Å². The predicted molar refractivity (Wildman–Crippen MR) is 54.9 cm³/mol. The maximum atomic E-state index is 11.5. The van der Waals surface area contributed by atoms with Crippen molar-refractivity contribution in [2.75, 3.05) is 26.2 Å². The van der Waals surface area contributed by atoms with Crippen LogP contribution in [0.5, 0.6) is 0 Å². The van der Waals surface area contributed by atoms with Crippen LogP contribution >= 0.6 is 0 Å². The van der Waals surface area contributed by atoms with Crippen LogP contribution in [0.25, 0.3) is 0 Å². The molecule has 0 aliphatic carbocycles. The molecule has 1 amide bonds. The number of carbonyl (C=O) groups excluding carboxylic acids is 1. The Morgan fingerprint density at radius 1 is 1.71 bits per heavy atom. The van der Waals surface area contributed by atoms with E-state index in [-0.39, 0.29) is 18.6 Å². The number of rotatable bonds is 4. The van der Waals surface area contributed by atoms with Crippen molar-refractivity contribution >= 4 is 5.91 Å². The number of likely N-dealkylation sites (tertiary alicyclic amines) is 1. The lowest BCUT2D eigenvalue weighted by Gasteiger charge is -2.22. The molecule has 4 nitrogen and oxygen atoms in total. The standard InChI is InChI=1S/C10H20N2O2/c1-3-11-10(14)8(2)12-5-4-9(6-12)7-13/h8-9,13H,3-7H2,1-2H3,(H,11,14). The molecular weight excluding hydrogens is 180 g/mol. The first-order valence-electron chi connectivity index (χ1n) is 5.31. The second-order valence-corrected chi connectivity index (χ2v) is 3.90. The molecule has 0 aromatic rings. The largest absolute Gasteiger partial charge is 0.396 e. The lowest BCUT2D eigenvalue weighted by molar-refractivity contribution is -0.125. The van der Waals surface area contributed by atoms with Crippen LogP contribution in [0.1, 0.15) is 20.3 Å². The average Bonchev–Trinajstić information content (AvgIpc) is 2.65. The van der Waals surface area contributed by atoms with E-state index in [1.807, 2.05) is 13.8 Å². The third-order valence-corrected chi connectivity index (χ3v) is 2.85. The van der Waals surface area contributed by atoms with E-state index in [2.05, 4.69) is 10.2 Å². The molecule has 1 rings (SSSR count). The second-order valence-electron chi connectivity index (χ2n) is 3.90. The van der Waals surface area contributed by atoms with Crippen LogP contribution in [-0.2, 0) is 4.79 Å². The SMILES string of the molecule is CCNC(=O)C(C)N1CCC(CO)C1. The summed E-state index contributed by atoms with van der Waals surface area (Å²) < 4.78 is 0. The molecule has 4 heteroatoms. The zero-order chi connectivity index (χ0) is 10.6. The van der Waals surface area contributed by atoms with Crippen molar-refractivity contribution in [3.05, 3.63) is 0 Å². The highest BCUT2D eigenvalue weighted by Gasteiger charge is 2.28. The minimum atomic E-state index is -0.0634. The Morgan fingerprint density at radius 2 is 2.43 bits per heavy atom. The summed E-state index contributed by atoms with van der Waals surface area (Å²) in [7, 11) is 0. The van der Waals surface area contributed by atoms with E-state index in [0.29, 0.717) is 12.5 Å². The van der Waals surface area contributed by atoms with Crippen LogP contribution in [0, 0.1) is 5.92 Å². The first-order chi connectivity index (χ1) is 6.69. The van der Waals surface area contributed by atoms with Crippen molar-refractivity contribution in [3.63, 3.8) is 0 Å². The summed E-state index contributed by atoms with van der Waals surface area (Å²) in [6, 6.07) is -0.0634. The molecule has 1 fully saturated rings. The molecule has 2 N–H and O–H groups in total. The summed E-state index contributed by atoms with van der Waals surface area (Å²) in [6.07, 6.45) is 1.00. The van der Waals surface area contributed by atoms with Crippen molar-refractivity contribution in [1.29, 1.82) is 0 Å². The van der Waals surface area contributed by atoms with E-state index in [4.69, 9.17) is 5.11 Å². The van der Waals surface area contributed by atoms with E-state index in [1.165, 1.54) is 0 Å². The number of aliphatic hydroxyl groups excluding tert-OH is 1. The summed E-state index contributed by atoms with van der Waals surface area (Å²) in [5.74, 6) is 0.443. The molecule has 0 bridgehead atoms. The number of nitrogens with zero attached hydrogens (tertiary/aromatic N) is 1. The normalized spacial score (nSPS) is 24.9. The Morgan fingerprint density at radius 3 is 2.93 bits per heavy atom. The molecule has 82 valence electrons. The predicted octanol–water partition coefficient (Wildman–Crippen LogP) is -0.175. The maximum Gasteiger partial charge on any atom is 0.237 e. The molecule has 0 aromatic carbocycles. The smallest absolute Gasteiger partial charge is 0.237 e. The summed E-state index contributed by atoms with van der Waals surface area (Å²) in [5.41, 5.74) is 0. The van der Waals surface area contributed by atoms with E-state index < -0.39 is 0 Å². The van der Waals surface area contributed by atoms with Gasteiger partial charge in [0.15, 0.2) is 0 Å². The number of aliphatic hydroxyl groups is 1. The van der Waals surface area contributed by atoms with Crippen LogP contribution < -0.4 is 5.32 Å². The number of amides is 1. The third kappa shape index (κ3) is 2.69. The van der Waals surface area contributed by atoms with E-state index in [0.717, 1.165) is 19.5 Å². The molecule has 0 spiro atoms. The van der Waals surface area contributed by atoms with Crippen molar-refractivity contribution < 1.29 is 9.90 Å². The van der Waals surface area contributed by atoms with Crippen molar-refractivity contribution in [3.8, 4) is 0 Å². The number of likely N-dealkylation sites (N-methyl/N-ethyl adjacent to an activating group) is 1. The minimum absolute atomic E-state index is 0.0634. The molecular formula is C10H20N2O2. The lowest BCUT2D eigenvalue weighted by Crippen LogP contribution is -2.44. The van der Waals surface area contributed by atoms with E-state index in [1.54, 1.807) is 0 Å². The lowest BCUT2D eigenvalue weighted by atomic mass is 10.1. The zero-order valence-corrected chi connectivity index (χ0v) is 8.99.